The summed E-state index contributed by atoms with van der Waals surface area (Å²) in [7, 11) is 4.56. The lowest BCUT2D eigenvalue weighted by molar-refractivity contribution is -0.163. The van der Waals surface area contributed by atoms with Crippen molar-refractivity contribution in [2.45, 2.75) is 169 Å². The van der Waals surface area contributed by atoms with E-state index in [1.54, 1.807) is 52.1 Å². The highest BCUT2D eigenvalue weighted by Crippen LogP contribution is 2.26. The number of fused-ring (bicyclic) bond motifs is 1. The Bertz CT molecular complexity index is 1870. The fraction of sp³-hybridized carbons (Fsp3) is 0.714. The van der Waals surface area contributed by atoms with E-state index in [4.69, 9.17) is 14.2 Å². The number of aliphatic hydroxyl groups excluding tert-OH is 1. The number of nitrogens with one attached hydrogen (secondary N) is 4. The number of Topliss-reactive ketones (excluding diaryl/α,β-unsaturated/α-hetero) is 1. The summed E-state index contributed by atoms with van der Waals surface area (Å²) >= 11 is 0. The molecule has 0 aromatic heterocycles. The van der Waals surface area contributed by atoms with Crippen LogP contribution in [0.15, 0.2) is 24.3 Å². The summed E-state index contributed by atoms with van der Waals surface area (Å²) in [5.41, 5.74) is 0.631. The van der Waals surface area contributed by atoms with Gasteiger partial charge in [-0.1, -0.05) is 73.9 Å². The number of ether oxygens (including phenoxy) is 3. The van der Waals surface area contributed by atoms with Gasteiger partial charge in [0.25, 0.3) is 0 Å². The predicted octanol–water partition coefficient (Wildman–Crippen LogP) is 2.71. The molecular weight excluding hydrogens is 865 g/mol. The van der Waals surface area contributed by atoms with E-state index in [1.807, 2.05) is 34.6 Å². The van der Waals surface area contributed by atoms with E-state index in [1.165, 1.54) is 37.8 Å². The molecule has 2 fully saturated rings. The fourth-order valence-electron chi connectivity index (χ4n) is 8.55. The summed E-state index contributed by atoms with van der Waals surface area (Å²) in [6.45, 7) is 17.4. The number of esters is 2. The number of benzene rings is 1. The minimum atomic E-state index is -1.55. The third-order valence-electron chi connectivity index (χ3n) is 12.9. The first-order chi connectivity index (χ1) is 31.4. The zero-order valence-corrected chi connectivity index (χ0v) is 41.9. The van der Waals surface area contributed by atoms with Crippen LogP contribution >= 0.6 is 0 Å². The lowest BCUT2D eigenvalue weighted by Gasteiger charge is -2.35. The van der Waals surface area contributed by atoms with Crippen molar-refractivity contribution in [3.05, 3.63) is 29.8 Å². The second-order valence-corrected chi connectivity index (χ2v) is 19.5. The second kappa shape index (κ2) is 25.9. The van der Waals surface area contributed by atoms with Crippen LogP contribution in [0.2, 0.25) is 0 Å². The molecule has 0 aliphatic carbocycles. The Labute approximate surface area is 396 Å². The third-order valence-corrected chi connectivity index (χ3v) is 12.9. The molecule has 18 heteroatoms. The maximum atomic E-state index is 14.7. The first-order valence-corrected chi connectivity index (χ1v) is 23.9. The zero-order chi connectivity index (χ0) is 50.4. The molecule has 11 atom stereocenters. The van der Waals surface area contributed by atoms with Crippen molar-refractivity contribution in [2.24, 2.45) is 29.6 Å². The number of nitrogens with zero attached hydrogens (tertiary/aromatic N) is 2. The average Bonchev–Trinajstić information content (AvgIpc) is 3.77. The smallest absolute Gasteiger partial charge is 0.329 e. The van der Waals surface area contributed by atoms with Gasteiger partial charge in [-0.05, 0) is 87.9 Å². The van der Waals surface area contributed by atoms with Crippen LogP contribution in [-0.4, -0.2) is 144 Å². The van der Waals surface area contributed by atoms with Gasteiger partial charge in [0.05, 0.1) is 37.6 Å². The summed E-state index contributed by atoms with van der Waals surface area (Å²) in [6, 6.07) is 0.0322. The lowest BCUT2D eigenvalue weighted by atomic mass is 9.91. The van der Waals surface area contributed by atoms with Crippen LogP contribution in [-0.2, 0) is 54.3 Å². The van der Waals surface area contributed by atoms with Gasteiger partial charge in [-0.15, -0.1) is 0 Å². The molecule has 18 nitrogen and oxygen atoms in total. The standard InChI is InChI=1S/C49H78N6O12/c1-14-29(8)40-38(56)25-39(57)67-43(28(6)7)42(58)30(9)44(59)51-35(23-27(4)5)47(62)55-21-15-16-36(55)48(63)54(12)37(24-32-17-19-33(65-13)20-18-32)49(64)66-31(10)41(46(61)52-40)53-45(60)34(50-11)22-26(2)3/h17-20,26-31,34-38,40-41,43,50,56H,14-16,21-25H2,1-13H3,(H,51,59)(H,52,61)(H,53,60)/t29-,30-,31+,34+,35-,36-,37-,38-,40+,41-,43?/m0/s1. The van der Waals surface area contributed by atoms with Gasteiger partial charge in [-0.25, -0.2) is 4.79 Å². The summed E-state index contributed by atoms with van der Waals surface area (Å²) in [5.74, 6) is -7.71. The molecule has 0 spiro atoms. The van der Waals surface area contributed by atoms with Gasteiger partial charge in [0.2, 0.25) is 29.5 Å². The van der Waals surface area contributed by atoms with Crippen molar-refractivity contribution in [1.82, 2.24) is 31.1 Å². The molecule has 2 heterocycles. The average molecular weight is 943 g/mol. The maximum absolute atomic E-state index is 14.7. The van der Waals surface area contributed by atoms with Gasteiger partial charge >= 0.3 is 11.9 Å². The Morgan fingerprint density at radius 2 is 1.55 bits per heavy atom. The number of methoxy groups -OCH3 is 1. The van der Waals surface area contributed by atoms with Crippen molar-refractivity contribution >= 4 is 47.3 Å². The van der Waals surface area contributed by atoms with E-state index in [9.17, 15) is 43.5 Å². The first-order valence-electron chi connectivity index (χ1n) is 23.9. The quantitative estimate of drug-likeness (QED) is 0.142. The number of hydrogen-bond donors (Lipinski definition) is 5. The lowest BCUT2D eigenvalue weighted by Crippen LogP contribution is -2.61. The summed E-state index contributed by atoms with van der Waals surface area (Å²) in [4.78, 5) is 116. The molecule has 1 aromatic carbocycles. The van der Waals surface area contributed by atoms with Gasteiger partial charge in [0, 0.05) is 20.0 Å². The third kappa shape index (κ3) is 15.5. The van der Waals surface area contributed by atoms with Gasteiger partial charge in [0.1, 0.15) is 36.0 Å². The van der Waals surface area contributed by atoms with Crippen LogP contribution in [0.25, 0.3) is 0 Å². The number of cyclic esters (lactones) is 2. The molecule has 1 aromatic rings. The van der Waals surface area contributed by atoms with E-state index in [-0.39, 0.29) is 37.6 Å². The molecule has 0 bridgehead atoms. The van der Waals surface area contributed by atoms with Crippen molar-refractivity contribution in [3.8, 4) is 5.75 Å². The number of carbonyl (C=O) groups is 8. The molecule has 1 unspecified atom stereocenters. The van der Waals surface area contributed by atoms with Crippen LogP contribution < -0.4 is 26.0 Å². The molecule has 376 valence electrons. The molecule has 3 rings (SSSR count). The number of hydrogen-bond acceptors (Lipinski definition) is 13. The number of carbonyl (C=O) groups excluding carboxylic acids is 8. The topological polar surface area (TPSA) is 239 Å². The largest absolute Gasteiger partial charge is 0.497 e. The minimum Gasteiger partial charge on any atom is -0.497 e. The number of aliphatic hydroxyl groups is 1. The van der Waals surface area contributed by atoms with Crippen molar-refractivity contribution in [1.29, 1.82) is 0 Å². The van der Waals surface area contributed by atoms with Crippen molar-refractivity contribution in [2.75, 3.05) is 27.7 Å². The Morgan fingerprint density at radius 1 is 0.910 bits per heavy atom. The van der Waals surface area contributed by atoms with Crippen LogP contribution in [0.5, 0.6) is 5.75 Å². The predicted molar refractivity (Wildman–Crippen MR) is 250 cm³/mol. The van der Waals surface area contributed by atoms with Crippen molar-refractivity contribution in [3.63, 3.8) is 0 Å². The SMILES string of the molecule is CC[C@H](C)[C@H]1NC(=O)[C@@H](NC(=O)[C@@H](CC(C)C)NC)[C@@H](C)OC(=O)[C@H](Cc2ccc(OC)cc2)N(C)C(=O)[C@@H]2CCCN2C(=O)[C@H](CC(C)C)NC(=O)[C@@H](C)C(=O)C(C(C)C)OC(=O)C[C@@H]1O. The second-order valence-electron chi connectivity index (χ2n) is 19.5. The summed E-state index contributed by atoms with van der Waals surface area (Å²) < 4.78 is 17.1. The first kappa shape index (κ1) is 56.2. The fourth-order valence-corrected chi connectivity index (χ4v) is 8.55. The normalized spacial score (nSPS) is 27.8. The molecule has 2 aliphatic rings. The molecule has 67 heavy (non-hydrogen) atoms. The highest BCUT2D eigenvalue weighted by Gasteiger charge is 2.44. The van der Waals surface area contributed by atoms with Gasteiger partial charge in [-0.2, -0.15) is 0 Å². The van der Waals surface area contributed by atoms with Crippen LogP contribution in [0.3, 0.4) is 0 Å². The molecule has 2 saturated heterocycles. The Morgan fingerprint density at radius 3 is 2.10 bits per heavy atom. The molecular formula is C49H78N6O12. The maximum Gasteiger partial charge on any atom is 0.329 e. The number of rotatable bonds is 13. The molecule has 5 amide bonds. The highest BCUT2D eigenvalue weighted by atomic mass is 16.6. The van der Waals surface area contributed by atoms with Crippen molar-refractivity contribution < 1.29 is 57.7 Å². The monoisotopic (exact) mass is 943 g/mol. The van der Waals surface area contributed by atoms with Gasteiger partial charge in [0.15, 0.2) is 11.9 Å². The minimum absolute atomic E-state index is 0.0500. The van der Waals surface area contributed by atoms with E-state index in [0.29, 0.717) is 30.6 Å². The van der Waals surface area contributed by atoms with E-state index >= 15 is 0 Å². The van der Waals surface area contributed by atoms with Gasteiger partial charge < -0.3 is 50.4 Å². The molecule has 0 saturated carbocycles. The summed E-state index contributed by atoms with van der Waals surface area (Å²) in [6.07, 6.45) is -3.30. The highest BCUT2D eigenvalue weighted by molar-refractivity contribution is 6.05. The Balaban J connectivity index is 2.23. The van der Waals surface area contributed by atoms with Crippen LogP contribution in [0, 0.1) is 29.6 Å². The Kier molecular flexibility index (Phi) is 21.7. The number of amides is 5. The van der Waals surface area contributed by atoms with E-state index in [2.05, 4.69) is 21.3 Å². The van der Waals surface area contributed by atoms with E-state index in [0.717, 1.165) is 0 Å². The Hall–Kier alpha value is -5.10. The summed E-state index contributed by atoms with van der Waals surface area (Å²) in [5, 5.41) is 22.9. The van der Waals surface area contributed by atoms with Crippen LogP contribution in [0.1, 0.15) is 113 Å². The molecule has 2 aliphatic heterocycles. The molecule has 0 radical (unpaired) electrons. The molecule has 5 N–H and O–H groups in total. The van der Waals surface area contributed by atoms with E-state index < -0.39 is 126 Å². The zero-order valence-electron chi connectivity index (χ0n) is 41.9. The van der Waals surface area contributed by atoms with Crippen LogP contribution in [0.4, 0.5) is 0 Å². The van der Waals surface area contributed by atoms with Gasteiger partial charge in [-0.3, -0.25) is 33.6 Å². The number of likely N-dealkylation sites (N-methyl/N-ethyl adjacent to an activating group) is 2. The number of ketones is 1.